The average molecular weight is 277 g/mol. The van der Waals surface area contributed by atoms with E-state index in [9.17, 15) is 32.1 Å². The Kier molecular flexibility index (Phi) is 3.51. The predicted molar refractivity (Wildman–Crippen MR) is 45.9 cm³/mol. The molecule has 0 saturated carbocycles. The Balaban J connectivity index is 3.66. The number of pyridine rings is 1. The van der Waals surface area contributed by atoms with E-state index < -0.39 is 39.5 Å². The SMILES string of the molecule is O=[N+]([O-])c1c(C(F)(F)F)ncc(Cl)c1C(F)F. The zero-order valence-electron chi connectivity index (χ0n) is 7.63. The fourth-order valence-corrected chi connectivity index (χ4v) is 1.31. The summed E-state index contributed by atoms with van der Waals surface area (Å²) in [5.74, 6) is 0. The van der Waals surface area contributed by atoms with Gasteiger partial charge in [-0.25, -0.2) is 13.8 Å². The van der Waals surface area contributed by atoms with Gasteiger partial charge < -0.3 is 0 Å². The van der Waals surface area contributed by atoms with Crippen LogP contribution in [-0.2, 0) is 6.18 Å². The molecule has 17 heavy (non-hydrogen) atoms. The molecule has 1 rings (SSSR count). The van der Waals surface area contributed by atoms with Gasteiger partial charge in [0.1, 0.15) is 5.56 Å². The van der Waals surface area contributed by atoms with Crippen LogP contribution in [0.1, 0.15) is 17.7 Å². The zero-order valence-corrected chi connectivity index (χ0v) is 8.39. The Morgan fingerprint density at radius 1 is 1.41 bits per heavy atom. The van der Waals surface area contributed by atoms with Gasteiger partial charge in [0, 0.05) is 6.20 Å². The highest BCUT2D eigenvalue weighted by Crippen LogP contribution is 2.42. The summed E-state index contributed by atoms with van der Waals surface area (Å²) in [4.78, 5) is 11.5. The van der Waals surface area contributed by atoms with Crippen LogP contribution in [0.25, 0.3) is 0 Å². The summed E-state index contributed by atoms with van der Waals surface area (Å²) in [6.07, 6.45) is -8.41. The minimum absolute atomic E-state index is 0.304. The average Bonchev–Trinajstić information content (AvgIpc) is 2.14. The highest BCUT2D eigenvalue weighted by atomic mass is 35.5. The molecule has 94 valence electrons. The minimum atomic E-state index is -5.21. The summed E-state index contributed by atoms with van der Waals surface area (Å²) in [5.41, 5.74) is -5.30. The van der Waals surface area contributed by atoms with Crippen LogP contribution in [-0.4, -0.2) is 9.91 Å². The van der Waals surface area contributed by atoms with Crippen LogP contribution in [0.2, 0.25) is 5.02 Å². The highest BCUT2D eigenvalue weighted by Gasteiger charge is 2.44. The summed E-state index contributed by atoms with van der Waals surface area (Å²) in [5, 5.41) is 9.53. The molecule has 0 aliphatic rings. The number of hydrogen-bond donors (Lipinski definition) is 0. The van der Waals surface area contributed by atoms with Gasteiger partial charge in [0.2, 0.25) is 5.69 Å². The monoisotopic (exact) mass is 276 g/mol. The molecular weight excluding hydrogens is 275 g/mol. The second kappa shape index (κ2) is 4.40. The van der Waals surface area contributed by atoms with E-state index in [1.807, 2.05) is 0 Å². The Morgan fingerprint density at radius 2 is 1.94 bits per heavy atom. The minimum Gasteiger partial charge on any atom is -0.258 e. The summed E-state index contributed by atoms with van der Waals surface area (Å²) < 4.78 is 61.9. The van der Waals surface area contributed by atoms with Crippen LogP contribution < -0.4 is 0 Å². The van der Waals surface area contributed by atoms with Crippen LogP contribution in [0.4, 0.5) is 27.6 Å². The van der Waals surface area contributed by atoms with Crippen LogP contribution >= 0.6 is 11.6 Å². The summed E-state index contributed by atoms with van der Waals surface area (Å²) in [6.45, 7) is 0. The molecule has 1 aromatic heterocycles. The Hall–Kier alpha value is -1.51. The molecule has 0 aromatic carbocycles. The normalized spacial score (nSPS) is 11.9. The van der Waals surface area contributed by atoms with E-state index in [0.717, 1.165) is 0 Å². The van der Waals surface area contributed by atoms with Crippen molar-refractivity contribution in [1.82, 2.24) is 4.98 Å². The highest BCUT2D eigenvalue weighted by molar-refractivity contribution is 6.31. The maximum Gasteiger partial charge on any atom is 0.440 e. The lowest BCUT2D eigenvalue weighted by molar-refractivity contribution is -0.390. The number of hydrogen-bond acceptors (Lipinski definition) is 3. The van der Waals surface area contributed by atoms with Crippen molar-refractivity contribution in [2.75, 3.05) is 0 Å². The Bertz CT molecular complexity index is 462. The van der Waals surface area contributed by atoms with E-state index >= 15 is 0 Å². The fraction of sp³-hybridized carbons (Fsp3) is 0.286. The van der Waals surface area contributed by atoms with E-state index in [1.165, 1.54) is 0 Å². The lowest BCUT2D eigenvalue weighted by atomic mass is 10.1. The van der Waals surface area contributed by atoms with Crippen molar-refractivity contribution >= 4 is 17.3 Å². The molecule has 0 aliphatic carbocycles. The molecule has 0 atom stereocenters. The molecule has 1 heterocycles. The Labute approximate surface area is 95.2 Å². The maximum absolute atomic E-state index is 12.4. The first-order valence-electron chi connectivity index (χ1n) is 3.84. The molecule has 0 N–H and O–H groups in total. The third kappa shape index (κ3) is 2.60. The van der Waals surface area contributed by atoms with Gasteiger partial charge in [-0.05, 0) is 0 Å². The zero-order chi connectivity index (χ0) is 13.4. The number of aromatic nitrogens is 1. The van der Waals surface area contributed by atoms with Crippen molar-refractivity contribution in [2.24, 2.45) is 0 Å². The van der Waals surface area contributed by atoms with E-state index in [1.54, 1.807) is 0 Å². The lowest BCUT2D eigenvalue weighted by Gasteiger charge is -2.10. The number of nitro groups is 1. The molecule has 0 radical (unpaired) electrons. The molecule has 0 amide bonds. The van der Waals surface area contributed by atoms with Gasteiger partial charge in [-0.1, -0.05) is 11.6 Å². The summed E-state index contributed by atoms with van der Waals surface area (Å²) in [7, 11) is 0. The molecule has 0 unspecified atom stereocenters. The van der Waals surface area contributed by atoms with E-state index in [4.69, 9.17) is 11.6 Å². The van der Waals surface area contributed by atoms with Gasteiger partial charge in [-0.15, -0.1) is 0 Å². The topological polar surface area (TPSA) is 56.0 Å². The number of nitrogens with zero attached hydrogens (tertiary/aromatic N) is 2. The quantitative estimate of drug-likeness (QED) is 0.471. The van der Waals surface area contributed by atoms with E-state index in [2.05, 4.69) is 4.98 Å². The number of rotatable bonds is 2. The lowest BCUT2D eigenvalue weighted by Crippen LogP contribution is -2.14. The van der Waals surface area contributed by atoms with Crippen molar-refractivity contribution in [2.45, 2.75) is 12.6 Å². The molecule has 1 aromatic rings. The second-order valence-corrected chi connectivity index (χ2v) is 3.18. The number of halogens is 6. The molecule has 0 spiro atoms. The van der Waals surface area contributed by atoms with Crippen molar-refractivity contribution in [1.29, 1.82) is 0 Å². The van der Waals surface area contributed by atoms with E-state index in [-0.39, 0.29) is 0 Å². The molecular formula is C7H2ClF5N2O2. The van der Waals surface area contributed by atoms with Crippen molar-refractivity contribution in [3.8, 4) is 0 Å². The maximum atomic E-state index is 12.4. The van der Waals surface area contributed by atoms with Crippen LogP contribution in [0.3, 0.4) is 0 Å². The first-order valence-corrected chi connectivity index (χ1v) is 4.22. The van der Waals surface area contributed by atoms with Gasteiger partial charge >= 0.3 is 11.9 Å². The standard InChI is InChI=1S/C7H2ClF5N2O2/c8-2-1-14-5(7(11,12)13)4(15(16)17)3(2)6(9)10/h1,6H. The van der Waals surface area contributed by atoms with Crippen LogP contribution in [0, 0.1) is 10.1 Å². The van der Waals surface area contributed by atoms with E-state index in [0.29, 0.717) is 6.20 Å². The van der Waals surface area contributed by atoms with Gasteiger partial charge in [0.15, 0.2) is 0 Å². The molecule has 0 aliphatic heterocycles. The fourth-order valence-electron chi connectivity index (χ4n) is 1.09. The predicted octanol–water partition coefficient (Wildman–Crippen LogP) is 3.60. The van der Waals surface area contributed by atoms with Crippen molar-refractivity contribution in [3.63, 3.8) is 0 Å². The second-order valence-electron chi connectivity index (χ2n) is 2.77. The van der Waals surface area contributed by atoms with Crippen molar-refractivity contribution < 1.29 is 26.9 Å². The molecule has 0 fully saturated rings. The van der Waals surface area contributed by atoms with Gasteiger partial charge in [-0.3, -0.25) is 10.1 Å². The van der Waals surface area contributed by atoms with Crippen LogP contribution in [0.5, 0.6) is 0 Å². The summed E-state index contributed by atoms with van der Waals surface area (Å²) >= 11 is 5.18. The molecule has 0 saturated heterocycles. The molecule has 4 nitrogen and oxygen atoms in total. The summed E-state index contributed by atoms with van der Waals surface area (Å²) in [6, 6.07) is 0. The first kappa shape index (κ1) is 13.6. The molecule has 0 bridgehead atoms. The third-order valence-corrected chi connectivity index (χ3v) is 2.01. The van der Waals surface area contributed by atoms with Crippen LogP contribution in [0.15, 0.2) is 6.20 Å². The van der Waals surface area contributed by atoms with Gasteiger partial charge in [0.05, 0.1) is 9.95 Å². The third-order valence-electron chi connectivity index (χ3n) is 1.71. The van der Waals surface area contributed by atoms with Gasteiger partial charge in [-0.2, -0.15) is 13.2 Å². The smallest absolute Gasteiger partial charge is 0.258 e. The van der Waals surface area contributed by atoms with Crippen molar-refractivity contribution in [3.05, 3.63) is 32.6 Å². The largest absolute Gasteiger partial charge is 0.440 e. The Morgan fingerprint density at radius 3 is 2.29 bits per heavy atom. The first-order chi connectivity index (χ1) is 7.66. The number of alkyl halides is 5. The van der Waals surface area contributed by atoms with Gasteiger partial charge in [0.25, 0.3) is 6.43 Å². The molecule has 10 heteroatoms.